The van der Waals surface area contributed by atoms with E-state index in [1.807, 2.05) is 0 Å². The zero-order chi connectivity index (χ0) is 11.0. The van der Waals surface area contributed by atoms with E-state index in [0.29, 0.717) is 5.52 Å². The second kappa shape index (κ2) is 3.31. The van der Waals surface area contributed by atoms with Crippen molar-refractivity contribution in [2.45, 2.75) is 6.92 Å². The van der Waals surface area contributed by atoms with Crippen LogP contribution >= 0.6 is 0 Å². The lowest BCUT2D eigenvalue weighted by molar-refractivity contribution is 0.0698. The topological polar surface area (TPSA) is 50.2 Å². The van der Waals surface area contributed by atoms with E-state index in [0.717, 1.165) is 5.56 Å². The Bertz CT molecular complexity index is 552. The first-order chi connectivity index (χ1) is 7.11. The van der Waals surface area contributed by atoms with Crippen LogP contribution in [0, 0.1) is 12.7 Å². The van der Waals surface area contributed by atoms with Gasteiger partial charge < -0.3 is 5.11 Å². The number of halogens is 1. The zero-order valence-corrected chi connectivity index (χ0v) is 7.99. The molecule has 0 saturated heterocycles. The van der Waals surface area contributed by atoms with Crippen molar-refractivity contribution in [1.29, 1.82) is 0 Å². The summed E-state index contributed by atoms with van der Waals surface area (Å²) in [6.07, 6.45) is 1.37. The van der Waals surface area contributed by atoms with Gasteiger partial charge in [-0.25, -0.2) is 9.18 Å². The Balaban J connectivity index is 2.96. The highest BCUT2D eigenvalue weighted by molar-refractivity contribution is 6.03. The standard InChI is InChI=1S/C11H8FNO2/c1-6-2-3-8(12)9-7(11(14)15)4-5-13-10(6)9/h2-5H,1H3,(H,14,15). The van der Waals surface area contributed by atoms with Gasteiger partial charge in [-0.05, 0) is 24.6 Å². The Morgan fingerprint density at radius 3 is 2.80 bits per heavy atom. The SMILES string of the molecule is Cc1ccc(F)c2c(C(=O)O)ccnc12. The molecule has 0 unspecified atom stereocenters. The summed E-state index contributed by atoms with van der Waals surface area (Å²) in [7, 11) is 0. The molecular weight excluding hydrogens is 197 g/mol. The van der Waals surface area contributed by atoms with Crippen LogP contribution in [0.1, 0.15) is 15.9 Å². The van der Waals surface area contributed by atoms with Gasteiger partial charge in [0.2, 0.25) is 0 Å². The first-order valence-electron chi connectivity index (χ1n) is 4.38. The Hall–Kier alpha value is -1.97. The third kappa shape index (κ3) is 1.44. The quantitative estimate of drug-likeness (QED) is 0.777. The van der Waals surface area contributed by atoms with Crippen molar-refractivity contribution in [2.24, 2.45) is 0 Å². The predicted molar refractivity (Wildman–Crippen MR) is 53.4 cm³/mol. The maximum atomic E-state index is 13.5. The number of carboxylic acids is 1. The van der Waals surface area contributed by atoms with E-state index in [2.05, 4.69) is 4.98 Å². The largest absolute Gasteiger partial charge is 0.478 e. The molecule has 2 aromatic rings. The average molecular weight is 205 g/mol. The normalized spacial score (nSPS) is 10.5. The summed E-state index contributed by atoms with van der Waals surface area (Å²) in [5.41, 5.74) is 1.10. The average Bonchev–Trinajstić information content (AvgIpc) is 2.23. The van der Waals surface area contributed by atoms with Gasteiger partial charge in [0.15, 0.2) is 0 Å². The molecule has 0 saturated carbocycles. The van der Waals surface area contributed by atoms with Crippen LogP contribution in [-0.2, 0) is 0 Å². The molecule has 0 fully saturated rings. The van der Waals surface area contributed by atoms with Gasteiger partial charge in [0, 0.05) is 6.20 Å². The summed E-state index contributed by atoms with van der Waals surface area (Å²) >= 11 is 0. The summed E-state index contributed by atoms with van der Waals surface area (Å²) in [6.45, 7) is 1.76. The minimum Gasteiger partial charge on any atom is -0.478 e. The van der Waals surface area contributed by atoms with Gasteiger partial charge in [-0.15, -0.1) is 0 Å². The molecule has 1 N–H and O–H groups in total. The van der Waals surface area contributed by atoms with Crippen LogP contribution in [0.4, 0.5) is 4.39 Å². The molecule has 0 bridgehead atoms. The second-order valence-corrected chi connectivity index (χ2v) is 3.25. The lowest BCUT2D eigenvalue weighted by Gasteiger charge is -2.04. The summed E-state index contributed by atoms with van der Waals surface area (Å²) < 4.78 is 13.5. The number of hydrogen-bond donors (Lipinski definition) is 1. The van der Waals surface area contributed by atoms with E-state index < -0.39 is 11.8 Å². The van der Waals surface area contributed by atoms with Crippen molar-refractivity contribution in [3.05, 3.63) is 41.3 Å². The number of fused-ring (bicyclic) bond motifs is 1. The smallest absolute Gasteiger partial charge is 0.336 e. The van der Waals surface area contributed by atoms with Crippen molar-refractivity contribution >= 4 is 16.9 Å². The lowest BCUT2D eigenvalue weighted by atomic mass is 10.1. The Kier molecular flexibility index (Phi) is 2.11. The molecule has 2 rings (SSSR count). The number of nitrogens with zero attached hydrogens (tertiary/aromatic N) is 1. The molecule has 15 heavy (non-hydrogen) atoms. The summed E-state index contributed by atoms with van der Waals surface area (Å²) in [4.78, 5) is 14.9. The minimum absolute atomic E-state index is 0.0544. The summed E-state index contributed by atoms with van der Waals surface area (Å²) in [6, 6.07) is 4.13. The first-order valence-corrected chi connectivity index (χ1v) is 4.38. The van der Waals surface area contributed by atoms with E-state index in [-0.39, 0.29) is 10.9 Å². The van der Waals surface area contributed by atoms with Crippen molar-refractivity contribution in [1.82, 2.24) is 4.98 Å². The van der Waals surface area contributed by atoms with Gasteiger partial charge in [0.1, 0.15) is 5.82 Å². The molecule has 0 aliphatic rings. The number of hydrogen-bond acceptors (Lipinski definition) is 2. The number of aromatic carboxylic acids is 1. The van der Waals surface area contributed by atoms with Crippen LogP contribution in [0.2, 0.25) is 0 Å². The van der Waals surface area contributed by atoms with Gasteiger partial charge in [-0.3, -0.25) is 4.98 Å². The van der Waals surface area contributed by atoms with Crippen LogP contribution in [-0.4, -0.2) is 16.1 Å². The maximum absolute atomic E-state index is 13.5. The highest BCUT2D eigenvalue weighted by atomic mass is 19.1. The van der Waals surface area contributed by atoms with Crippen LogP contribution in [0.5, 0.6) is 0 Å². The molecule has 0 spiro atoms. The maximum Gasteiger partial charge on any atom is 0.336 e. The lowest BCUT2D eigenvalue weighted by Crippen LogP contribution is -2.00. The van der Waals surface area contributed by atoms with Crippen LogP contribution < -0.4 is 0 Å². The fraction of sp³-hybridized carbons (Fsp3) is 0.0909. The predicted octanol–water partition coefficient (Wildman–Crippen LogP) is 2.38. The molecule has 3 nitrogen and oxygen atoms in total. The van der Waals surface area contributed by atoms with Crippen LogP contribution in [0.25, 0.3) is 10.9 Å². The fourth-order valence-corrected chi connectivity index (χ4v) is 1.54. The molecule has 0 aliphatic carbocycles. The summed E-state index contributed by atoms with van der Waals surface area (Å²) in [5.74, 6) is -1.70. The number of carboxylic acid groups (broad SMARTS) is 1. The minimum atomic E-state index is -1.15. The van der Waals surface area contributed by atoms with E-state index in [1.165, 1.54) is 18.3 Å². The Morgan fingerprint density at radius 1 is 1.40 bits per heavy atom. The van der Waals surface area contributed by atoms with E-state index >= 15 is 0 Å². The van der Waals surface area contributed by atoms with Crippen molar-refractivity contribution in [3.63, 3.8) is 0 Å². The molecular formula is C11H8FNO2. The molecule has 1 heterocycles. The highest BCUT2D eigenvalue weighted by Crippen LogP contribution is 2.22. The summed E-state index contributed by atoms with van der Waals surface area (Å²) in [5, 5.41) is 8.98. The number of aromatic nitrogens is 1. The van der Waals surface area contributed by atoms with Gasteiger partial charge in [-0.1, -0.05) is 6.07 Å². The first kappa shape index (κ1) is 9.58. The van der Waals surface area contributed by atoms with Crippen molar-refractivity contribution in [3.8, 4) is 0 Å². The van der Waals surface area contributed by atoms with Gasteiger partial charge in [0.25, 0.3) is 0 Å². The van der Waals surface area contributed by atoms with E-state index in [4.69, 9.17) is 5.11 Å². The van der Waals surface area contributed by atoms with Crippen molar-refractivity contribution in [2.75, 3.05) is 0 Å². The van der Waals surface area contributed by atoms with Crippen LogP contribution in [0.3, 0.4) is 0 Å². The van der Waals surface area contributed by atoms with Gasteiger partial charge in [-0.2, -0.15) is 0 Å². The third-order valence-electron chi connectivity index (χ3n) is 2.27. The van der Waals surface area contributed by atoms with Crippen LogP contribution in [0.15, 0.2) is 24.4 Å². The fourth-order valence-electron chi connectivity index (χ4n) is 1.54. The number of benzene rings is 1. The zero-order valence-electron chi connectivity index (χ0n) is 7.99. The van der Waals surface area contributed by atoms with Crippen molar-refractivity contribution < 1.29 is 14.3 Å². The molecule has 4 heteroatoms. The monoisotopic (exact) mass is 205 g/mol. The third-order valence-corrected chi connectivity index (χ3v) is 2.27. The molecule has 1 aromatic heterocycles. The van der Waals surface area contributed by atoms with Gasteiger partial charge >= 0.3 is 5.97 Å². The Labute approximate surface area is 85.2 Å². The van der Waals surface area contributed by atoms with Gasteiger partial charge in [0.05, 0.1) is 16.5 Å². The Morgan fingerprint density at radius 2 is 2.13 bits per heavy atom. The molecule has 0 atom stereocenters. The molecule has 1 aromatic carbocycles. The number of pyridine rings is 1. The highest BCUT2D eigenvalue weighted by Gasteiger charge is 2.13. The second-order valence-electron chi connectivity index (χ2n) is 3.25. The number of carbonyl (C=O) groups is 1. The van der Waals surface area contributed by atoms with E-state index in [1.54, 1.807) is 13.0 Å². The molecule has 0 radical (unpaired) electrons. The number of rotatable bonds is 1. The molecule has 0 aliphatic heterocycles. The number of aryl methyl sites for hydroxylation is 1. The molecule has 76 valence electrons. The van der Waals surface area contributed by atoms with E-state index in [9.17, 15) is 9.18 Å². The molecule has 0 amide bonds.